The summed E-state index contributed by atoms with van der Waals surface area (Å²) in [5.74, 6) is 0.693. The smallest absolute Gasteiger partial charge is 0.0876 e. The van der Waals surface area contributed by atoms with Gasteiger partial charge in [0.1, 0.15) is 0 Å². The molecule has 2 nitrogen and oxygen atoms in total. The zero-order valence-corrected chi connectivity index (χ0v) is 8.04. The lowest BCUT2D eigenvalue weighted by Gasteiger charge is -2.03. The van der Waals surface area contributed by atoms with E-state index in [0.717, 1.165) is 11.9 Å². The SMILES string of the molecule is CC(C)Cc1cnc2c[nH]cc2c1. The summed E-state index contributed by atoms with van der Waals surface area (Å²) in [5, 5.41) is 1.21. The Morgan fingerprint density at radius 1 is 1.38 bits per heavy atom. The van der Waals surface area contributed by atoms with Crippen molar-refractivity contribution in [3.8, 4) is 0 Å². The molecule has 0 aliphatic heterocycles. The van der Waals surface area contributed by atoms with Crippen molar-refractivity contribution in [2.75, 3.05) is 0 Å². The maximum Gasteiger partial charge on any atom is 0.0876 e. The van der Waals surface area contributed by atoms with E-state index in [1.54, 1.807) is 0 Å². The molecule has 0 aromatic carbocycles. The second-order valence-electron chi connectivity index (χ2n) is 3.87. The summed E-state index contributed by atoms with van der Waals surface area (Å²) < 4.78 is 0. The van der Waals surface area contributed by atoms with E-state index in [2.05, 4.69) is 29.9 Å². The fourth-order valence-corrected chi connectivity index (χ4v) is 1.57. The van der Waals surface area contributed by atoms with Gasteiger partial charge in [0.05, 0.1) is 5.52 Å². The number of rotatable bonds is 2. The molecular formula is C11H14N2. The first kappa shape index (κ1) is 8.30. The third kappa shape index (κ3) is 1.72. The molecule has 2 aromatic heterocycles. The lowest BCUT2D eigenvalue weighted by molar-refractivity contribution is 0.646. The quantitative estimate of drug-likeness (QED) is 0.745. The van der Waals surface area contributed by atoms with Crippen LogP contribution in [0.4, 0.5) is 0 Å². The van der Waals surface area contributed by atoms with Gasteiger partial charge >= 0.3 is 0 Å². The number of H-pyrrole nitrogens is 1. The summed E-state index contributed by atoms with van der Waals surface area (Å²) in [6.07, 6.45) is 6.99. The molecule has 0 aliphatic carbocycles. The zero-order chi connectivity index (χ0) is 9.26. The van der Waals surface area contributed by atoms with Gasteiger partial charge in [-0.15, -0.1) is 0 Å². The van der Waals surface area contributed by atoms with Gasteiger partial charge in [0.2, 0.25) is 0 Å². The maximum absolute atomic E-state index is 4.36. The van der Waals surface area contributed by atoms with Crippen molar-refractivity contribution >= 4 is 10.9 Å². The molecule has 2 heteroatoms. The van der Waals surface area contributed by atoms with Crippen LogP contribution < -0.4 is 0 Å². The van der Waals surface area contributed by atoms with Crippen molar-refractivity contribution < 1.29 is 0 Å². The molecule has 0 bridgehead atoms. The molecule has 0 unspecified atom stereocenters. The Hall–Kier alpha value is -1.31. The first-order valence-electron chi connectivity index (χ1n) is 4.67. The normalized spacial score (nSPS) is 11.3. The fourth-order valence-electron chi connectivity index (χ4n) is 1.57. The van der Waals surface area contributed by atoms with Crippen LogP contribution in [-0.2, 0) is 6.42 Å². The molecule has 0 radical (unpaired) electrons. The molecule has 2 aromatic rings. The van der Waals surface area contributed by atoms with Gasteiger partial charge in [-0.05, 0) is 24.0 Å². The summed E-state index contributed by atoms with van der Waals surface area (Å²) >= 11 is 0. The molecule has 0 amide bonds. The number of pyridine rings is 1. The minimum atomic E-state index is 0.693. The third-order valence-corrected chi connectivity index (χ3v) is 2.11. The summed E-state index contributed by atoms with van der Waals surface area (Å²) in [6, 6.07) is 2.21. The zero-order valence-electron chi connectivity index (χ0n) is 8.04. The topological polar surface area (TPSA) is 28.7 Å². The number of hydrogen-bond acceptors (Lipinski definition) is 1. The molecule has 13 heavy (non-hydrogen) atoms. The van der Waals surface area contributed by atoms with Gasteiger partial charge in [0.15, 0.2) is 0 Å². The summed E-state index contributed by atoms with van der Waals surface area (Å²) in [5.41, 5.74) is 2.37. The fraction of sp³-hybridized carbons (Fsp3) is 0.364. The van der Waals surface area contributed by atoms with Gasteiger partial charge in [0.25, 0.3) is 0 Å². The number of nitrogens with zero attached hydrogens (tertiary/aromatic N) is 1. The Kier molecular flexibility index (Phi) is 2.05. The minimum Gasteiger partial charge on any atom is -0.365 e. The number of aromatic amines is 1. The van der Waals surface area contributed by atoms with Crippen LogP contribution in [0, 0.1) is 5.92 Å². The predicted molar refractivity (Wildman–Crippen MR) is 54.6 cm³/mol. The minimum absolute atomic E-state index is 0.693. The van der Waals surface area contributed by atoms with Gasteiger partial charge < -0.3 is 4.98 Å². The second kappa shape index (κ2) is 3.21. The number of fused-ring (bicyclic) bond motifs is 1. The van der Waals surface area contributed by atoms with Crippen LogP contribution in [0.5, 0.6) is 0 Å². The maximum atomic E-state index is 4.36. The summed E-state index contributed by atoms with van der Waals surface area (Å²) in [7, 11) is 0. The molecule has 2 rings (SSSR count). The third-order valence-electron chi connectivity index (χ3n) is 2.11. The lowest BCUT2D eigenvalue weighted by atomic mass is 10.0. The van der Waals surface area contributed by atoms with Crippen LogP contribution in [0.1, 0.15) is 19.4 Å². The van der Waals surface area contributed by atoms with Gasteiger partial charge in [0, 0.05) is 24.0 Å². The standard InChI is InChI=1S/C11H14N2/c1-8(2)3-9-4-10-6-12-7-11(10)13-5-9/h4-8,12H,3H2,1-2H3. The molecule has 0 atom stereocenters. The number of aromatic nitrogens is 2. The Morgan fingerprint density at radius 2 is 2.23 bits per heavy atom. The molecule has 0 fully saturated rings. The van der Waals surface area contributed by atoms with Crippen LogP contribution in [-0.4, -0.2) is 9.97 Å². The highest BCUT2D eigenvalue weighted by atomic mass is 14.7. The molecular weight excluding hydrogens is 160 g/mol. The summed E-state index contributed by atoms with van der Waals surface area (Å²) in [6.45, 7) is 4.45. The van der Waals surface area contributed by atoms with E-state index in [1.807, 2.05) is 18.6 Å². The monoisotopic (exact) mass is 174 g/mol. The van der Waals surface area contributed by atoms with Crippen LogP contribution >= 0.6 is 0 Å². The van der Waals surface area contributed by atoms with Gasteiger partial charge in [-0.3, -0.25) is 4.98 Å². The van der Waals surface area contributed by atoms with Gasteiger partial charge in [-0.25, -0.2) is 0 Å². The Labute approximate surface area is 78.0 Å². The van der Waals surface area contributed by atoms with Crippen LogP contribution in [0.2, 0.25) is 0 Å². The Balaban J connectivity index is 2.37. The van der Waals surface area contributed by atoms with Crippen molar-refractivity contribution in [1.82, 2.24) is 9.97 Å². The van der Waals surface area contributed by atoms with Crippen molar-refractivity contribution in [1.29, 1.82) is 0 Å². The van der Waals surface area contributed by atoms with E-state index in [-0.39, 0.29) is 0 Å². The van der Waals surface area contributed by atoms with Crippen LogP contribution in [0.3, 0.4) is 0 Å². The molecule has 0 saturated carbocycles. The van der Waals surface area contributed by atoms with Gasteiger partial charge in [-0.1, -0.05) is 13.8 Å². The average molecular weight is 174 g/mol. The number of nitrogens with one attached hydrogen (secondary N) is 1. The highest BCUT2D eigenvalue weighted by molar-refractivity contribution is 5.78. The first-order chi connectivity index (χ1) is 6.25. The molecule has 1 N–H and O–H groups in total. The van der Waals surface area contributed by atoms with E-state index in [1.165, 1.54) is 10.9 Å². The molecule has 68 valence electrons. The number of hydrogen-bond donors (Lipinski definition) is 1. The van der Waals surface area contributed by atoms with E-state index >= 15 is 0 Å². The summed E-state index contributed by atoms with van der Waals surface area (Å²) in [4.78, 5) is 7.42. The predicted octanol–water partition coefficient (Wildman–Crippen LogP) is 2.76. The highest BCUT2D eigenvalue weighted by Gasteiger charge is 2.00. The molecule has 0 spiro atoms. The Morgan fingerprint density at radius 3 is 3.00 bits per heavy atom. The van der Waals surface area contributed by atoms with Crippen molar-refractivity contribution in [3.05, 3.63) is 30.2 Å². The van der Waals surface area contributed by atoms with Gasteiger partial charge in [-0.2, -0.15) is 0 Å². The Bertz CT molecular complexity index is 401. The van der Waals surface area contributed by atoms with Crippen molar-refractivity contribution in [2.45, 2.75) is 20.3 Å². The van der Waals surface area contributed by atoms with Crippen molar-refractivity contribution in [3.63, 3.8) is 0 Å². The van der Waals surface area contributed by atoms with Crippen molar-refractivity contribution in [2.24, 2.45) is 5.92 Å². The first-order valence-corrected chi connectivity index (χ1v) is 4.67. The van der Waals surface area contributed by atoms with Crippen LogP contribution in [0.25, 0.3) is 10.9 Å². The van der Waals surface area contributed by atoms with E-state index in [0.29, 0.717) is 5.92 Å². The molecule has 2 heterocycles. The second-order valence-corrected chi connectivity index (χ2v) is 3.87. The van der Waals surface area contributed by atoms with E-state index in [4.69, 9.17) is 0 Å². The van der Waals surface area contributed by atoms with E-state index < -0.39 is 0 Å². The van der Waals surface area contributed by atoms with E-state index in [9.17, 15) is 0 Å². The lowest BCUT2D eigenvalue weighted by Crippen LogP contribution is -1.94. The highest BCUT2D eigenvalue weighted by Crippen LogP contribution is 2.14. The van der Waals surface area contributed by atoms with Crippen LogP contribution in [0.15, 0.2) is 24.7 Å². The largest absolute Gasteiger partial charge is 0.365 e. The molecule has 0 saturated heterocycles. The molecule has 0 aliphatic rings. The average Bonchev–Trinajstić information content (AvgIpc) is 2.49.